The van der Waals surface area contributed by atoms with Gasteiger partial charge in [0.25, 0.3) is 0 Å². The number of hydrogen-bond donors (Lipinski definition) is 0. The van der Waals surface area contributed by atoms with Crippen LogP contribution in [0.4, 0.5) is 10.5 Å². The number of imide groups is 1. The largest absolute Gasteiger partial charge is 0.447 e. The number of nitrogens with zero attached hydrogens (tertiary/aromatic N) is 3. The lowest BCUT2D eigenvalue weighted by Crippen LogP contribution is -2.50. The summed E-state index contributed by atoms with van der Waals surface area (Å²) in [7, 11) is 0. The molecule has 0 aliphatic carbocycles. The molecule has 0 spiro atoms. The molecule has 7 nitrogen and oxygen atoms in total. The number of benzene rings is 2. The third kappa shape index (κ3) is 5.96. The molecule has 0 radical (unpaired) electrons. The first-order valence-electron chi connectivity index (χ1n) is 12.2. The van der Waals surface area contributed by atoms with Crippen molar-refractivity contribution in [3.63, 3.8) is 0 Å². The Morgan fingerprint density at radius 1 is 1.00 bits per heavy atom. The average Bonchev–Trinajstić information content (AvgIpc) is 3.22. The minimum atomic E-state index is -0.620. The van der Waals surface area contributed by atoms with Gasteiger partial charge in [0.1, 0.15) is 6.61 Å². The molecule has 0 bridgehead atoms. The molecule has 0 unspecified atom stereocenters. The number of hydrogen-bond acceptors (Lipinski definition) is 5. The van der Waals surface area contributed by atoms with Crippen LogP contribution >= 0.6 is 11.6 Å². The van der Waals surface area contributed by atoms with Crippen LogP contribution in [0.3, 0.4) is 0 Å². The van der Waals surface area contributed by atoms with Crippen molar-refractivity contribution >= 4 is 35.2 Å². The smallest absolute Gasteiger partial charge is 0.416 e. The standard InChI is InChI=1S/C27H32ClN3O4/c1-19(2)24(26(33)31-23(18-35-27(31)34)16-20-6-4-3-5-7-20)17-25(32)30-14-12-29(13-15-30)22-10-8-21(28)9-11-22/h3-11,19,23-24H,12-18H2,1-2H3/t23-,24+/m1/s1. The molecule has 35 heavy (non-hydrogen) atoms. The molecule has 4 rings (SSSR count). The molecular formula is C27H32ClN3O4. The molecule has 2 saturated heterocycles. The molecule has 8 heteroatoms. The lowest BCUT2D eigenvalue weighted by atomic mass is 9.89. The fraction of sp³-hybridized carbons (Fsp3) is 0.444. The third-order valence-electron chi connectivity index (χ3n) is 6.85. The summed E-state index contributed by atoms with van der Waals surface area (Å²) < 4.78 is 5.24. The number of rotatable bonds is 7. The van der Waals surface area contributed by atoms with E-state index in [9.17, 15) is 14.4 Å². The topological polar surface area (TPSA) is 70.2 Å². The first-order chi connectivity index (χ1) is 16.8. The van der Waals surface area contributed by atoms with Crippen molar-refractivity contribution in [1.82, 2.24) is 9.80 Å². The van der Waals surface area contributed by atoms with E-state index in [-0.39, 0.29) is 36.8 Å². The maximum atomic E-state index is 13.5. The normalized spacial score (nSPS) is 19.1. The molecule has 0 saturated carbocycles. The van der Waals surface area contributed by atoms with Gasteiger partial charge in [-0.05, 0) is 42.2 Å². The zero-order valence-corrected chi connectivity index (χ0v) is 21.0. The molecule has 3 amide bonds. The predicted octanol–water partition coefficient (Wildman–Crippen LogP) is 4.24. The van der Waals surface area contributed by atoms with E-state index in [1.807, 2.05) is 73.3 Å². The van der Waals surface area contributed by atoms with Crippen molar-refractivity contribution in [2.45, 2.75) is 32.7 Å². The lowest BCUT2D eigenvalue weighted by Gasteiger charge is -2.37. The molecular weight excluding hydrogens is 466 g/mol. The van der Waals surface area contributed by atoms with Gasteiger partial charge >= 0.3 is 6.09 Å². The minimum absolute atomic E-state index is 0.0556. The summed E-state index contributed by atoms with van der Waals surface area (Å²) in [5.41, 5.74) is 2.11. The Morgan fingerprint density at radius 2 is 1.66 bits per heavy atom. The van der Waals surface area contributed by atoms with Gasteiger partial charge < -0.3 is 14.5 Å². The molecule has 0 aromatic heterocycles. The molecule has 2 heterocycles. The molecule has 2 aromatic carbocycles. The van der Waals surface area contributed by atoms with E-state index in [0.717, 1.165) is 11.3 Å². The van der Waals surface area contributed by atoms with E-state index in [0.29, 0.717) is 37.6 Å². The van der Waals surface area contributed by atoms with Gasteiger partial charge in [0, 0.05) is 49.2 Å². The second kappa shape index (κ2) is 11.1. The first-order valence-corrected chi connectivity index (χ1v) is 12.5. The van der Waals surface area contributed by atoms with E-state index in [1.165, 1.54) is 4.90 Å². The maximum absolute atomic E-state index is 13.5. The Kier molecular flexibility index (Phi) is 7.96. The third-order valence-corrected chi connectivity index (χ3v) is 7.11. The summed E-state index contributed by atoms with van der Waals surface area (Å²) in [6.07, 6.45) is -0.00570. The van der Waals surface area contributed by atoms with Crippen molar-refractivity contribution in [2.24, 2.45) is 11.8 Å². The predicted molar refractivity (Wildman–Crippen MR) is 135 cm³/mol. The van der Waals surface area contributed by atoms with Crippen molar-refractivity contribution in [3.8, 4) is 0 Å². The van der Waals surface area contributed by atoms with Gasteiger partial charge in [0.2, 0.25) is 11.8 Å². The molecule has 2 aliphatic rings. The highest BCUT2D eigenvalue weighted by molar-refractivity contribution is 6.30. The second-order valence-corrected chi connectivity index (χ2v) is 9.96. The first kappa shape index (κ1) is 25.0. The monoisotopic (exact) mass is 497 g/mol. The fourth-order valence-electron chi connectivity index (χ4n) is 4.74. The Labute approximate surface area is 211 Å². The molecule has 2 aliphatic heterocycles. The number of carbonyl (C=O) groups is 3. The highest BCUT2D eigenvalue weighted by Gasteiger charge is 2.42. The fourth-order valence-corrected chi connectivity index (χ4v) is 4.86. The molecule has 186 valence electrons. The molecule has 2 fully saturated rings. The van der Waals surface area contributed by atoms with E-state index >= 15 is 0 Å². The highest BCUT2D eigenvalue weighted by Crippen LogP contribution is 2.26. The van der Waals surface area contributed by atoms with Crippen LogP contribution in [0.25, 0.3) is 0 Å². The minimum Gasteiger partial charge on any atom is -0.447 e. The number of ether oxygens (including phenoxy) is 1. The zero-order chi connectivity index (χ0) is 24.9. The van der Waals surface area contributed by atoms with Crippen molar-refractivity contribution < 1.29 is 19.1 Å². The second-order valence-electron chi connectivity index (χ2n) is 9.53. The van der Waals surface area contributed by atoms with Crippen LogP contribution in [0.2, 0.25) is 5.02 Å². The van der Waals surface area contributed by atoms with E-state index in [4.69, 9.17) is 16.3 Å². The van der Waals surface area contributed by atoms with Gasteiger partial charge in [0.15, 0.2) is 0 Å². The zero-order valence-electron chi connectivity index (χ0n) is 20.2. The van der Waals surface area contributed by atoms with Crippen molar-refractivity contribution in [2.75, 3.05) is 37.7 Å². The summed E-state index contributed by atoms with van der Waals surface area (Å²) in [4.78, 5) is 44.5. The van der Waals surface area contributed by atoms with Crippen LogP contribution in [0.1, 0.15) is 25.8 Å². The van der Waals surface area contributed by atoms with Gasteiger partial charge in [-0.3, -0.25) is 9.59 Å². The van der Waals surface area contributed by atoms with Crippen LogP contribution in [0, 0.1) is 11.8 Å². The molecule has 0 N–H and O–H groups in total. The summed E-state index contributed by atoms with van der Waals surface area (Å²) in [6.45, 7) is 6.61. The average molecular weight is 498 g/mol. The van der Waals surface area contributed by atoms with Crippen LogP contribution in [-0.2, 0) is 20.7 Å². The summed E-state index contributed by atoms with van der Waals surface area (Å²) >= 11 is 5.99. The van der Waals surface area contributed by atoms with Crippen molar-refractivity contribution in [1.29, 1.82) is 0 Å². The number of halogens is 1. The van der Waals surface area contributed by atoms with Crippen LogP contribution in [0.5, 0.6) is 0 Å². The highest BCUT2D eigenvalue weighted by atomic mass is 35.5. The Bertz CT molecular complexity index is 1040. The Morgan fingerprint density at radius 3 is 2.29 bits per heavy atom. The van der Waals surface area contributed by atoms with E-state index in [1.54, 1.807) is 0 Å². The Balaban J connectivity index is 1.38. The van der Waals surface area contributed by atoms with Crippen LogP contribution in [0.15, 0.2) is 54.6 Å². The number of amides is 3. The summed E-state index contributed by atoms with van der Waals surface area (Å²) in [6, 6.07) is 17.1. The summed E-state index contributed by atoms with van der Waals surface area (Å²) in [5, 5.41) is 0.694. The SMILES string of the molecule is CC(C)[C@H](CC(=O)N1CCN(c2ccc(Cl)cc2)CC1)C(=O)N1C(=O)OC[C@H]1Cc1ccccc1. The van der Waals surface area contributed by atoms with E-state index in [2.05, 4.69) is 4.90 Å². The van der Waals surface area contributed by atoms with Gasteiger partial charge in [-0.25, -0.2) is 9.69 Å². The number of carbonyl (C=O) groups excluding carboxylic acids is 3. The van der Waals surface area contributed by atoms with Gasteiger partial charge in [0.05, 0.1) is 6.04 Å². The Hall–Kier alpha value is -3.06. The van der Waals surface area contributed by atoms with E-state index < -0.39 is 12.0 Å². The van der Waals surface area contributed by atoms with Gasteiger partial charge in [-0.15, -0.1) is 0 Å². The van der Waals surface area contributed by atoms with Crippen LogP contribution in [-0.4, -0.2) is 66.5 Å². The van der Waals surface area contributed by atoms with Gasteiger partial charge in [-0.1, -0.05) is 55.8 Å². The van der Waals surface area contributed by atoms with Crippen molar-refractivity contribution in [3.05, 3.63) is 65.2 Å². The summed E-state index contributed by atoms with van der Waals surface area (Å²) in [5.74, 6) is -1.05. The molecule has 2 aromatic rings. The number of piperazine rings is 1. The maximum Gasteiger partial charge on any atom is 0.416 e. The van der Waals surface area contributed by atoms with Crippen LogP contribution < -0.4 is 4.90 Å². The number of anilines is 1. The molecule has 2 atom stereocenters. The lowest BCUT2D eigenvalue weighted by molar-refractivity contribution is -0.141. The van der Waals surface area contributed by atoms with Gasteiger partial charge in [-0.2, -0.15) is 0 Å². The quantitative estimate of drug-likeness (QED) is 0.572. The number of cyclic esters (lactones) is 1.